The molecule has 2 aliphatic rings. The van der Waals surface area contributed by atoms with Gasteiger partial charge in [0.25, 0.3) is 0 Å². The van der Waals surface area contributed by atoms with Crippen LogP contribution in [0.15, 0.2) is 0 Å². The Morgan fingerprint density at radius 3 is 2.22 bits per heavy atom. The van der Waals surface area contributed by atoms with Crippen LogP contribution >= 0.6 is 0 Å². The molecule has 1 aliphatic carbocycles. The van der Waals surface area contributed by atoms with E-state index < -0.39 is 0 Å². The standard InChI is InChI=1S/C16H32N2/c1-15-7-9-16(10-8-15,13-17-2)14-18-11-5-3-4-6-12-18/h15,17H,3-14H2,1-2H3. The van der Waals surface area contributed by atoms with E-state index in [1.807, 2.05) is 0 Å². The molecule has 1 saturated heterocycles. The molecule has 0 amide bonds. The molecule has 0 bridgehead atoms. The molecule has 0 aromatic heterocycles. The largest absolute Gasteiger partial charge is 0.319 e. The van der Waals surface area contributed by atoms with Crippen molar-refractivity contribution in [2.45, 2.75) is 58.3 Å². The summed E-state index contributed by atoms with van der Waals surface area (Å²) in [6.45, 7) is 7.69. The molecule has 1 heterocycles. The third kappa shape index (κ3) is 3.96. The first-order valence-electron chi connectivity index (χ1n) is 8.11. The summed E-state index contributed by atoms with van der Waals surface area (Å²) in [5, 5.41) is 3.47. The first kappa shape index (κ1) is 14.3. The van der Waals surface area contributed by atoms with E-state index in [1.54, 1.807) is 0 Å². The van der Waals surface area contributed by atoms with Gasteiger partial charge in [0.05, 0.1) is 0 Å². The SMILES string of the molecule is CNCC1(CN2CCCCCC2)CCC(C)CC1. The van der Waals surface area contributed by atoms with Crippen LogP contribution < -0.4 is 5.32 Å². The van der Waals surface area contributed by atoms with E-state index in [-0.39, 0.29) is 0 Å². The second-order valence-corrected chi connectivity index (χ2v) is 6.90. The van der Waals surface area contributed by atoms with E-state index in [0.717, 1.165) is 5.92 Å². The monoisotopic (exact) mass is 252 g/mol. The van der Waals surface area contributed by atoms with Crippen LogP contribution in [0, 0.1) is 11.3 Å². The van der Waals surface area contributed by atoms with Crippen molar-refractivity contribution in [1.29, 1.82) is 0 Å². The Morgan fingerprint density at radius 2 is 1.67 bits per heavy atom. The zero-order valence-electron chi connectivity index (χ0n) is 12.5. The molecule has 18 heavy (non-hydrogen) atoms. The molecule has 0 aromatic rings. The van der Waals surface area contributed by atoms with Crippen molar-refractivity contribution in [1.82, 2.24) is 10.2 Å². The number of hydrogen-bond acceptors (Lipinski definition) is 2. The highest BCUT2D eigenvalue weighted by atomic mass is 15.1. The lowest BCUT2D eigenvalue weighted by Crippen LogP contribution is -2.45. The third-order valence-electron chi connectivity index (χ3n) is 5.14. The van der Waals surface area contributed by atoms with Crippen molar-refractivity contribution in [2.24, 2.45) is 11.3 Å². The summed E-state index contributed by atoms with van der Waals surface area (Å²) >= 11 is 0. The summed E-state index contributed by atoms with van der Waals surface area (Å²) in [5.74, 6) is 0.958. The van der Waals surface area contributed by atoms with Crippen molar-refractivity contribution in [3.63, 3.8) is 0 Å². The molecule has 2 heteroatoms. The van der Waals surface area contributed by atoms with Gasteiger partial charge in [-0.15, -0.1) is 0 Å². The summed E-state index contributed by atoms with van der Waals surface area (Å²) in [6.07, 6.45) is 11.5. The van der Waals surface area contributed by atoms with Gasteiger partial charge >= 0.3 is 0 Å². The Hall–Kier alpha value is -0.0800. The highest BCUT2D eigenvalue weighted by Gasteiger charge is 2.35. The molecule has 2 nitrogen and oxygen atoms in total. The molecule has 1 aliphatic heterocycles. The normalized spacial score (nSPS) is 35.3. The second kappa shape index (κ2) is 6.91. The predicted molar refractivity (Wildman–Crippen MR) is 78.9 cm³/mol. The Labute approximate surface area is 114 Å². The van der Waals surface area contributed by atoms with Crippen LogP contribution in [-0.4, -0.2) is 38.1 Å². The van der Waals surface area contributed by atoms with Crippen LogP contribution in [-0.2, 0) is 0 Å². The van der Waals surface area contributed by atoms with Gasteiger partial charge in [0.2, 0.25) is 0 Å². The predicted octanol–water partition coefficient (Wildman–Crippen LogP) is 3.28. The highest BCUT2D eigenvalue weighted by molar-refractivity contribution is 4.89. The lowest BCUT2D eigenvalue weighted by molar-refractivity contribution is 0.0899. The number of likely N-dealkylation sites (tertiary alicyclic amines) is 1. The smallest absolute Gasteiger partial charge is 0.00501 e. The molecule has 2 rings (SSSR count). The molecular formula is C16H32N2. The third-order valence-corrected chi connectivity index (χ3v) is 5.14. The summed E-state index contributed by atoms with van der Waals surface area (Å²) < 4.78 is 0. The van der Waals surface area contributed by atoms with Gasteiger partial charge in [-0.3, -0.25) is 0 Å². The molecular weight excluding hydrogens is 220 g/mol. The van der Waals surface area contributed by atoms with E-state index in [0.29, 0.717) is 5.41 Å². The van der Waals surface area contributed by atoms with Gasteiger partial charge in [-0.1, -0.05) is 32.6 Å². The minimum absolute atomic E-state index is 0.575. The van der Waals surface area contributed by atoms with Gasteiger partial charge < -0.3 is 10.2 Å². The van der Waals surface area contributed by atoms with Crippen LogP contribution in [0.5, 0.6) is 0 Å². The van der Waals surface area contributed by atoms with Gasteiger partial charge in [-0.2, -0.15) is 0 Å². The Kier molecular flexibility index (Phi) is 5.50. The number of hydrogen-bond donors (Lipinski definition) is 1. The van der Waals surface area contributed by atoms with Crippen molar-refractivity contribution in [3.8, 4) is 0 Å². The summed E-state index contributed by atoms with van der Waals surface area (Å²) in [7, 11) is 2.13. The molecule has 1 N–H and O–H groups in total. The fourth-order valence-corrected chi connectivity index (χ4v) is 3.91. The average molecular weight is 252 g/mol. The molecule has 0 aromatic carbocycles. The zero-order chi connectivity index (χ0) is 12.8. The van der Waals surface area contributed by atoms with Crippen molar-refractivity contribution < 1.29 is 0 Å². The number of nitrogens with one attached hydrogen (secondary N) is 1. The molecule has 1 saturated carbocycles. The van der Waals surface area contributed by atoms with Gasteiger partial charge in [0, 0.05) is 13.1 Å². The molecule has 0 spiro atoms. The van der Waals surface area contributed by atoms with Crippen LogP contribution in [0.3, 0.4) is 0 Å². The molecule has 0 unspecified atom stereocenters. The summed E-state index contributed by atoms with van der Waals surface area (Å²) in [5.41, 5.74) is 0.575. The highest BCUT2D eigenvalue weighted by Crippen LogP contribution is 2.39. The molecule has 2 fully saturated rings. The van der Waals surface area contributed by atoms with Crippen molar-refractivity contribution in [2.75, 3.05) is 33.2 Å². The average Bonchev–Trinajstić information content (AvgIpc) is 2.62. The summed E-state index contributed by atoms with van der Waals surface area (Å²) in [6, 6.07) is 0. The second-order valence-electron chi connectivity index (χ2n) is 6.90. The lowest BCUT2D eigenvalue weighted by atomic mass is 9.70. The Morgan fingerprint density at radius 1 is 1.06 bits per heavy atom. The number of nitrogens with zero attached hydrogens (tertiary/aromatic N) is 1. The molecule has 0 radical (unpaired) electrons. The maximum Gasteiger partial charge on any atom is 0.00501 e. The van der Waals surface area contributed by atoms with E-state index in [4.69, 9.17) is 0 Å². The topological polar surface area (TPSA) is 15.3 Å². The quantitative estimate of drug-likeness (QED) is 0.826. The number of rotatable bonds is 4. The first-order valence-corrected chi connectivity index (χ1v) is 8.11. The lowest BCUT2D eigenvalue weighted by Gasteiger charge is -2.42. The fourth-order valence-electron chi connectivity index (χ4n) is 3.91. The van der Waals surface area contributed by atoms with E-state index >= 15 is 0 Å². The van der Waals surface area contributed by atoms with Gasteiger partial charge in [-0.25, -0.2) is 0 Å². The van der Waals surface area contributed by atoms with Gasteiger partial charge in [-0.05, 0) is 57.2 Å². The van der Waals surface area contributed by atoms with Crippen LogP contribution in [0.1, 0.15) is 58.3 Å². The molecule has 106 valence electrons. The maximum atomic E-state index is 3.47. The Bertz CT molecular complexity index is 223. The molecule has 0 atom stereocenters. The fraction of sp³-hybridized carbons (Fsp3) is 1.00. The minimum Gasteiger partial charge on any atom is -0.319 e. The van der Waals surface area contributed by atoms with E-state index in [1.165, 1.54) is 77.5 Å². The first-order chi connectivity index (χ1) is 8.74. The van der Waals surface area contributed by atoms with Crippen LogP contribution in [0.2, 0.25) is 0 Å². The van der Waals surface area contributed by atoms with Crippen molar-refractivity contribution >= 4 is 0 Å². The van der Waals surface area contributed by atoms with Gasteiger partial charge in [0.1, 0.15) is 0 Å². The van der Waals surface area contributed by atoms with E-state index in [9.17, 15) is 0 Å². The summed E-state index contributed by atoms with van der Waals surface area (Å²) in [4.78, 5) is 2.76. The van der Waals surface area contributed by atoms with Crippen LogP contribution in [0.4, 0.5) is 0 Å². The van der Waals surface area contributed by atoms with Crippen LogP contribution in [0.25, 0.3) is 0 Å². The maximum absolute atomic E-state index is 3.47. The van der Waals surface area contributed by atoms with Crippen molar-refractivity contribution in [3.05, 3.63) is 0 Å². The van der Waals surface area contributed by atoms with Gasteiger partial charge in [0.15, 0.2) is 0 Å². The minimum atomic E-state index is 0.575. The Balaban J connectivity index is 1.92. The van der Waals surface area contributed by atoms with E-state index in [2.05, 4.69) is 24.2 Å². The zero-order valence-corrected chi connectivity index (χ0v) is 12.5.